The van der Waals surface area contributed by atoms with E-state index < -0.39 is 0 Å². The van der Waals surface area contributed by atoms with Gasteiger partial charge in [0.15, 0.2) is 0 Å². The summed E-state index contributed by atoms with van der Waals surface area (Å²) in [5, 5.41) is 13.8. The number of fused-ring (bicyclic) bond motifs is 24. The second-order valence-electron chi connectivity index (χ2n) is 15.1. The molecule has 0 saturated carbocycles. The molecule has 2 aliphatic rings. The third kappa shape index (κ3) is 5.04. The molecule has 6 heteroatoms. The summed E-state index contributed by atoms with van der Waals surface area (Å²) in [6.07, 6.45) is 0. The molecule has 8 bridgehead atoms. The molecule has 0 radical (unpaired) electrons. The fraction of sp³-hybridized carbons (Fsp3) is 0. The first-order valence-electron chi connectivity index (χ1n) is 19.2. The van der Waals surface area contributed by atoms with Crippen LogP contribution in [0.3, 0.4) is 0 Å². The minimum Gasteiger partial charge on any atom is -0.657 e. The molecule has 3 aromatic heterocycles. The molecule has 0 saturated heterocycles. The van der Waals surface area contributed by atoms with Crippen molar-refractivity contribution >= 4 is 86.7 Å². The van der Waals surface area contributed by atoms with Gasteiger partial charge in [-0.2, -0.15) is 0 Å². The van der Waals surface area contributed by atoms with Crippen molar-refractivity contribution in [1.29, 1.82) is 0 Å². The Morgan fingerprint density at radius 2 is 0.500 bits per heavy atom. The van der Waals surface area contributed by atoms with Crippen molar-refractivity contribution in [3.63, 3.8) is 0 Å². The zero-order valence-electron chi connectivity index (χ0n) is 30.8. The molecule has 5 nitrogen and oxygen atoms in total. The molecule has 267 valence electrons. The van der Waals surface area contributed by atoms with Gasteiger partial charge in [0.05, 0.1) is 22.8 Å². The summed E-state index contributed by atoms with van der Waals surface area (Å²) in [5.74, 6) is 0. The topological polar surface area (TPSA) is 71.1 Å². The maximum absolute atomic E-state index is 8.19. The van der Waals surface area contributed by atoms with Crippen molar-refractivity contribution in [2.24, 2.45) is 0 Å². The number of benzene rings is 8. The fourth-order valence-electron chi connectivity index (χ4n) is 9.06. The van der Waals surface area contributed by atoms with Crippen LogP contribution >= 0.6 is 0 Å². The number of rotatable bonds is 0. The summed E-state index contributed by atoms with van der Waals surface area (Å²) in [5.41, 5.74) is 11.5. The Kier molecular flexibility index (Phi) is 7.21. The summed E-state index contributed by atoms with van der Waals surface area (Å²) in [6, 6.07) is 61.1. The Hall–Kier alpha value is -7.18. The van der Waals surface area contributed by atoms with Crippen molar-refractivity contribution in [2.45, 2.75) is 0 Å². The van der Waals surface area contributed by atoms with Gasteiger partial charge in [-0.05, 0) is 137 Å². The first-order chi connectivity index (χ1) is 28.7. The van der Waals surface area contributed by atoms with E-state index in [1.54, 1.807) is 0 Å². The van der Waals surface area contributed by atoms with Crippen molar-refractivity contribution in [1.82, 2.24) is 19.9 Å². The minimum absolute atomic E-state index is 0.891. The summed E-state index contributed by atoms with van der Waals surface area (Å²) in [6.45, 7) is 0. The molecule has 2 aliphatic heterocycles. The van der Waals surface area contributed by atoms with Crippen molar-refractivity contribution < 1.29 is 21.0 Å². The predicted octanol–water partition coefficient (Wildman–Crippen LogP) is 13.0. The van der Waals surface area contributed by atoms with E-state index in [0.717, 1.165) is 106 Å². The first kappa shape index (κ1) is 33.0. The smallest absolute Gasteiger partial charge is 0.0704 e. The predicted molar refractivity (Wildman–Crippen MR) is 234 cm³/mol. The van der Waals surface area contributed by atoms with E-state index >= 15 is 0 Å². The van der Waals surface area contributed by atoms with Crippen LogP contribution in [0.1, 0.15) is 0 Å². The second-order valence-corrected chi connectivity index (χ2v) is 15.1. The maximum atomic E-state index is 8.19. The van der Waals surface area contributed by atoms with Gasteiger partial charge in [0.1, 0.15) is 0 Å². The molecule has 0 aliphatic carbocycles. The van der Waals surface area contributed by atoms with Crippen molar-refractivity contribution in [3.05, 3.63) is 170 Å². The summed E-state index contributed by atoms with van der Waals surface area (Å²) < 4.78 is 8.19. The molecule has 58 heavy (non-hydrogen) atoms. The van der Waals surface area contributed by atoms with Gasteiger partial charge in [0.25, 0.3) is 0 Å². The van der Waals surface area contributed by atoms with Crippen molar-refractivity contribution in [3.8, 4) is 45.0 Å². The molecule has 13 rings (SSSR count). The average Bonchev–Trinajstić information content (AvgIpc) is 3.98. The normalized spacial score (nSPS) is 12.0. The fourth-order valence-corrected chi connectivity index (χ4v) is 9.06. The van der Waals surface area contributed by atoms with E-state index in [0.29, 0.717) is 0 Å². The van der Waals surface area contributed by atoms with Crippen LogP contribution in [-0.2, 0) is 21.0 Å². The van der Waals surface area contributed by atoms with Crippen LogP contribution in [0.5, 0.6) is 0 Å². The molecule has 0 fully saturated rings. The molecular formula is C52H28N4OV. The van der Waals surface area contributed by atoms with Crippen LogP contribution in [0.2, 0.25) is 0 Å². The van der Waals surface area contributed by atoms with Gasteiger partial charge in [-0.3, -0.25) is 0 Å². The Labute approximate surface area is 340 Å². The van der Waals surface area contributed by atoms with Gasteiger partial charge >= 0.3 is 21.0 Å². The maximum Gasteiger partial charge on any atom is 0.0704 e. The zero-order chi connectivity index (χ0) is 38.5. The van der Waals surface area contributed by atoms with Crippen LogP contribution in [0, 0.1) is 0 Å². The quantitative estimate of drug-likeness (QED) is 0.153. The molecule has 0 N–H and O–H groups in total. The average molecular weight is 776 g/mol. The number of hydrogen-bond acceptors (Lipinski definition) is 3. The van der Waals surface area contributed by atoms with Gasteiger partial charge in [0, 0.05) is 22.3 Å². The zero-order valence-corrected chi connectivity index (χ0v) is 32.2. The Morgan fingerprint density at radius 1 is 0.293 bits per heavy atom. The number of hydrogen-bond donors (Lipinski definition) is 0. The Morgan fingerprint density at radius 3 is 0.724 bits per heavy atom. The first-order valence-corrected chi connectivity index (χ1v) is 19.8. The SMILES string of the molecule is [O]=[V+2].c1ccc2cc3c(cc2c1)-c1cc2[n-]c(cc4nc(cc5[n-]c(cc-3n1)c1cc3ccccc3cc51)-c1cc3ccccc3cc1-4)c1cc3ccccc3cc21. The molecule has 0 atom stereocenters. The molecule has 11 aromatic rings. The molecule has 0 unspecified atom stereocenters. The number of aromatic nitrogens is 4. The van der Waals surface area contributed by atoms with Crippen LogP contribution in [0.4, 0.5) is 0 Å². The van der Waals surface area contributed by atoms with Gasteiger partial charge in [-0.15, -0.1) is 22.1 Å². The van der Waals surface area contributed by atoms with Crippen LogP contribution in [0.25, 0.3) is 132 Å². The third-order valence-corrected chi connectivity index (χ3v) is 11.8. The van der Waals surface area contributed by atoms with Crippen LogP contribution < -0.4 is 9.97 Å². The van der Waals surface area contributed by atoms with Gasteiger partial charge in [-0.25, -0.2) is 9.97 Å². The molecule has 5 heterocycles. The van der Waals surface area contributed by atoms with E-state index in [2.05, 4.69) is 170 Å². The van der Waals surface area contributed by atoms with Gasteiger partial charge < -0.3 is 9.97 Å². The summed E-state index contributed by atoms with van der Waals surface area (Å²) >= 11 is 1.06. The molecular weight excluding hydrogens is 748 g/mol. The largest absolute Gasteiger partial charge is 0.657 e. The van der Waals surface area contributed by atoms with Crippen molar-refractivity contribution in [2.75, 3.05) is 0 Å². The summed E-state index contributed by atoms with van der Waals surface area (Å²) in [7, 11) is 0. The standard InChI is InChI=1S/C52H28N4.O.V/c1-2-10-30-18-38-37(17-29(30)9-1)45-25-47-39-19-31-11-3-4-12-32(31)20-40(39)49(54-47)27-51-43-23-35-15-7-8-16-36(35)24-44(43)52(56-51)28-50-42-22-34-14-6-5-13-33(34)21-41(42)48(55-50)26-46(38)53-45;;/h1-28H;;/q-2;;+2. The molecule has 0 amide bonds. The number of nitrogens with zero attached hydrogens (tertiary/aromatic N) is 4. The second kappa shape index (κ2) is 12.7. The van der Waals surface area contributed by atoms with Crippen LogP contribution in [-0.4, -0.2) is 9.97 Å². The Bertz CT molecular complexity index is 3270. The Balaban J connectivity index is 0.00000181. The van der Waals surface area contributed by atoms with E-state index in [1.165, 1.54) is 43.1 Å². The third-order valence-electron chi connectivity index (χ3n) is 11.8. The van der Waals surface area contributed by atoms with E-state index in [1.807, 2.05) is 0 Å². The van der Waals surface area contributed by atoms with Gasteiger partial charge in [-0.1, -0.05) is 97.1 Å². The van der Waals surface area contributed by atoms with E-state index in [-0.39, 0.29) is 0 Å². The van der Waals surface area contributed by atoms with Gasteiger partial charge in [0.2, 0.25) is 0 Å². The molecule has 8 aromatic carbocycles. The molecule has 0 spiro atoms. The van der Waals surface area contributed by atoms with Crippen LogP contribution in [0.15, 0.2) is 170 Å². The minimum atomic E-state index is 0.891. The van der Waals surface area contributed by atoms with E-state index in [4.69, 9.17) is 23.6 Å². The van der Waals surface area contributed by atoms with E-state index in [9.17, 15) is 0 Å². The summed E-state index contributed by atoms with van der Waals surface area (Å²) in [4.78, 5) is 21.6. The monoisotopic (exact) mass is 775 g/mol.